The molecule has 5 heteroatoms. The smallest absolute Gasteiger partial charge is 0.243 e. The molecule has 2 aromatic carbocycles. The fourth-order valence-electron chi connectivity index (χ4n) is 2.34. The number of sulfonamides is 1. The first-order valence-electron chi connectivity index (χ1n) is 7.21. The second-order valence-corrected chi connectivity index (χ2v) is 7.29. The molecule has 0 N–H and O–H groups in total. The minimum Gasteiger partial charge on any atom is -0.464 e. The summed E-state index contributed by atoms with van der Waals surface area (Å²) in [5.74, 6) is 0.714. The molecule has 1 heterocycles. The van der Waals surface area contributed by atoms with E-state index in [1.165, 1.54) is 4.31 Å². The van der Waals surface area contributed by atoms with Gasteiger partial charge in [0, 0.05) is 19.2 Å². The van der Waals surface area contributed by atoms with E-state index in [-0.39, 0.29) is 4.90 Å². The molecule has 0 atom stereocenters. The number of rotatable bonds is 5. The molecule has 23 heavy (non-hydrogen) atoms. The van der Waals surface area contributed by atoms with E-state index in [1.54, 1.807) is 43.6 Å². The van der Waals surface area contributed by atoms with Gasteiger partial charge in [0.25, 0.3) is 0 Å². The van der Waals surface area contributed by atoms with Crippen LogP contribution in [0.4, 0.5) is 0 Å². The predicted octanol–water partition coefficient (Wildman–Crippen LogP) is 3.77. The van der Waals surface area contributed by atoms with Crippen molar-refractivity contribution in [2.24, 2.45) is 0 Å². The Balaban J connectivity index is 1.81. The van der Waals surface area contributed by atoms with E-state index in [0.29, 0.717) is 12.3 Å². The van der Waals surface area contributed by atoms with E-state index in [1.807, 2.05) is 36.4 Å². The van der Waals surface area contributed by atoms with Crippen molar-refractivity contribution in [1.82, 2.24) is 4.31 Å². The molecule has 0 spiro atoms. The van der Waals surface area contributed by atoms with Crippen LogP contribution in [-0.2, 0) is 16.6 Å². The second-order valence-electron chi connectivity index (χ2n) is 5.25. The van der Waals surface area contributed by atoms with Crippen LogP contribution in [0.2, 0.25) is 0 Å². The summed E-state index contributed by atoms with van der Waals surface area (Å²) in [4.78, 5) is 0.270. The third-order valence-electron chi connectivity index (χ3n) is 3.62. The Kier molecular flexibility index (Phi) is 4.32. The maximum atomic E-state index is 12.6. The van der Waals surface area contributed by atoms with Gasteiger partial charge in [-0.1, -0.05) is 30.3 Å². The summed E-state index contributed by atoms with van der Waals surface area (Å²) >= 11 is 0. The standard InChI is InChI=1S/C18H17NO3S/c1-19(14-15-6-3-2-4-7-15)23(20,21)17-11-9-16(10-12-17)18-8-5-13-22-18/h2-13H,14H2,1H3. The van der Waals surface area contributed by atoms with Crippen molar-refractivity contribution in [3.8, 4) is 11.3 Å². The van der Waals surface area contributed by atoms with Crippen molar-refractivity contribution < 1.29 is 12.8 Å². The van der Waals surface area contributed by atoms with Gasteiger partial charge in [-0.3, -0.25) is 0 Å². The van der Waals surface area contributed by atoms with E-state index < -0.39 is 10.0 Å². The Bertz CT molecular complexity index is 854. The molecule has 0 amide bonds. The van der Waals surface area contributed by atoms with Crippen LogP contribution in [0.3, 0.4) is 0 Å². The first-order valence-corrected chi connectivity index (χ1v) is 8.65. The highest BCUT2D eigenvalue weighted by molar-refractivity contribution is 7.89. The lowest BCUT2D eigenvalue weighted by Gasteiger charge is -2.17. The van der Waals surface area contributed by atoms with Crippen molar-refractivity contribution in [1.29, 1.82) is 0 Å². The van der Waals surface area contributed by atoms with Crippen molar-refractivity contribution >= 4 is 10.0 Å². The minimum absolute atomic E-state index is 0.270. The molecule has 3 rings (SSSR count). The van der Waals surface area contributed by atoms with Gasteiger partial charge in [0.05, 0.1) is 11.2 Å². The normalized spacial score (nSPS) is 11.7. The van der Waals surface area contributed by atoms with Gasteiger partial charge in [0.1, 0.15) is 5.76 Å². The second kappa shape index (κ2) is 6.40. The van der Waals surface area contributed by atoms with Crippen molar-refractivity contribution in [2.45, 2.75) is 11.4 Å². The summed E-state index contributed by atoms with van der Waals surface area (Å²) in [7, 11) is -1.93. The maximum absolute atomic E-state index is 12.6. The van der Waals surface area contributed by atoms with Gasteiger partial charge in [-0.2, -0.15) is 4.31 Å². The lowest BCUT2D eigenvalue weighted by atomic mass is 10.2. The van der Waals surface area contributed by atoms with Crippen molar-refractivity contribution in [3.05, 3.63) is 78.6 Å². The summed E-state index contributed by atoms with van der Waals surface area (Å²) < 4.78 is 31.9. The molecular formula is C18H17NO3S. The monoisotopic (exact) mass is 327 g/mol. The molecule has 0 radical (unpaired) electrons. The van der Waals surface area contributed by atoms with E-state index in [4.69, 9.17) is 4.42 Å². The minimum atomic E-state index is -3.52. The average Bonchev–Trinajstić information content (AvgIpc) is 3.10. The van der Waals surface area contributed by atoms with Gasteiger partial charge in [0.2, 0.25) is 10.0 Å². The van der Waals surface area contributed by atoms with Gasteiger partial charge >= 0.3 is 0 Å². The van der Waals surface area contributed by atoms with Crippen LogP contribution in [0.5, 0.6) is 0 Å². The van der Waals surface area contributed by atoms with Crippen LogP contribution >= 0.6 is 0 Å². The van der Waals surface area contributed by atoms with Crippen LogP contribution < -0.4 is 0 Å². The fourth-order valence-corrected chi connectivity index (χ4v) is 3.50. The van der Waals surface area contributed by atoms with E-state index >= 15 is 0 Å². The van der Waals surface area contributed by atoms with Crippen LogP contribution in [0, 0.1) is 0 Å². The zero-order valence-electron chi connectivity index (χ0n) is 12.7. The summed E-state index contributed by atoms with van der Waals surface area (Å²) in [6, 6.07) is 19.9. The number of hydrogen-bond acceptors (Lipinski definition) is 3. The van der Waals surface area contributed by atoms with Crippen molar-refractivity contribution in [2.75, 3.05) is 7.05 Å². The lowest BCUT2D eigenvalue weighted by molar-refractivity contribution is 0.466. The Morgan fingerprint density at radius 3 is 2.22 bits per heavy atom. The molecule has 0 saturated carbocycles. The first-order chi connectivity index (χ1) is 11.1. The molecule has 0 unspecified atom stereocenters. The molecule has 0 fully saturated rings. The van der Waals surface area contributed by atoms with Gasteiger partial charge < -0.3 is 4.42 Å². The van der Waals surface area contributed by atoms with Crippen LogP contribution in [0.25, 0.3) is 11.3 Å². The molecule has 3 aromatic rings. The largest absolute Gasteiger partial charge is 0.464 e. The Morgan fingerprint density at radius 1 is 0.913 bits per heavy atom. The number of nitrogens with zero attached hydrogens (tertiary/aromatic N) is 1. The Labute approximate surface area is 136 Å². The van der Waals surface area contributed by atoms with Crippen molar-refractivity contribution in [3.63, 3.8) is 0 Å². The van der Waals surface area contributed by atoms with Gasteiger partial charge in [-0.15, -0.1) is 0 Å². The molecule has 0 bridgehead atoms. The van der Waals surface area contributed by atoms with Crippen LogP contribution in [-0.4, -0.2) is 19.8 Å². The topological polar surface area (TPSA) is 50.5 Å². The van der Waals surface area contributed by atoms with Crippen LogP contribution in [0.15, 0.2) is 82.3 Å². The summed E-state index contributed by atoms with van der Waals surface area (Å²) in [6.07, 6.45) is 1.59. The first kappa shape index (κ1) is 15.5. The van der Waals surface area contributed by atoms with E-state index in [0.717, 1.165) is 11.1 Å². The third kappa shape index (κ3) is 3.36. The molecule has 118 valence electrons. The average molecular weight is 327 g/mol. The number of hydrogen-bond donors (Lipinski definition) is 0. The molecular weight excluding hydrogens is 310 g/mol. The molecule has 0 saturated heterocycles. The zero-order chi connectivity index (χ0) is 16.3. The molecule has 0 aliphatic heterocycles. The quantitative estimate of drug-likeness (QED) is 0.717. The van der Waals surface area contributed by atoms with E-state index in [2.05, 4.69) is 0 Å². The fraction of sp³-hybridized carbons (Fsp3) is 0.111. The predicted molar refractivity (Wildman–Crippen MR) is 89.2 cm³/mol. The SMILES string of the molecule is CN(Cc1ccccc1)S(=O)(=O)c1ccc(-c2ccco2)cc1. The highest BCUT2D eigenvalue weighted by Crippen LogP contribution is 2.23. The zero-order valence-corrected chi connectivity index (χ0v) is 13.5. The molecule has 0 aliphatic carbocycles. The Hall–Kier alpha value is -2.37. The maximum Gasteiger partial charge on any atom is 0.243 e. The third-order valence-corrected chi connectivity index (χ3v) is 5.43. The van der Waals surface area contributed by atoms with Crippen LogP contribution in [0.1, 0.15) is 5.56 Å². The molecule has 4 nitrogen and oxygen atoms in total. The van der Waals surface area contributed by atoms with Gasteiger partial charge in [-0.25, -0.2) is 8.42 Å². The highest BCUT2D eigenvalue weighted by atomic mass is 32.2. The Morgan fingerprint density at radius 2 is 1.61 bits per heavy atom. The summed E-state index contributed by atoms with van der Waals surface area (Å²) in [5.41, 5.74) is 1.80. The highest BCUT2D eigenvalue weighted by Gasteiger charge is 2.20. The van der Waals surface area contributed by atoms with Gasteiger partial charge in [-0.05, 0) is 42.0 Å². The lowest BCUT2D eigenvalue weighted by Crippen LogP contribution is -2.26. The van der Waals surface area contributed by atoms with E-state index in [9.17, 15) is 8.42 Å². The summed E-state index contributed by atoms with van der Waals surface area (Å²) in [6.45, 7) is 0.336. The number of furan rings is 1. The number of benzene rings is 2. The summed E-state index contributed by atoms with van der Waals surface area (Å²) in [5, 5.41) is 0. The molecule has 1 aromatic heterocycles. The molecule has 0 aliphatic rings. The van der Waals surface area contributed by atoms with Gasteiger partial charge in [0.15, 0.2) is 0 Å².